The Balaban J connectivity index is 2.23. The summed E-state index contributed by atoms with van der Waals surface area (Å²) in [6.45, 7) is 1.98. The van der Waals surface area contributed by atoms with Crippen LogP contribution in [0.5, 0.6) is 5.88 Å². The monoisotopic (exact) mass is 235 g/mol. The van der Waals surface area contributed by atoms with E-state index in [0.29, 0.717) is 0 Å². The van der Waals surface area contributed by atoms with Gasteiger partial charge < -0.3 is 5.11 Å². The van der Waals surface area contributed by atoms with Crippen LogP contribution in [0.3, 0.4) is 0 Å². The molecule has 88 valence electrons. The predicted octanol–water partition coefficient (Wildman–Crippen LogP) is 3.92. The third-order valence-corrected chi connectivity index (χ3v) is 3.11. The van der Waals surface area contributed by atoms with E-state index in [9.17, 15) is 5.11 Å². The highest BCUT2D eigenvalue weighted by molar-refractivity contribution is 5.87. The van der Waals surface area contributed by atoms with Crippen LogP contribution in [-0.2, 0) is 0 Å². The summed E-state index contributed by atoms with van der Waals surface area (Å²) in [7, 11) is 0. The normalized spacial score (nSPS) is 10.7. The number of hydrogen-bond acceptors (Lipinski definition) is 2. The van der Waals surface area contributed by atoms with E-state index in [0.717, 1.165) is 16.5 Å². The third-order valence-electron chi connectivity index (χ3n) is 3.11. The zero-order valence-electron chi connectivity index (χ0n) is 10.1. The average Bonchev–Trinajstić information content (AvgIpc) is 2.39. The Labute approximate surface area is 106 Å². The Morgan fingerprint density at radius 1 is 0.889 bits per heavy atom. The second-order valence-electron chi connectivity index (χ2n) is 4.40. The maximum absolute atomic E-state index is 9.49. The van der Waals surface area contributed by atoms with E-state index in [1.54, 1.807) is 6.07 Å². The van der Waals surface area contributed by atoms with Crippen LogP contribution in [-0.4, -0.2) is 10.1 Å². The Morgan fingerprint density at radius 3 is 2.44 bits per heavy atom. The van der Waals surface area contributed by atoms with Crippen LogP contribution >= 0.6 is 0 Å². The van der Waals surface area contributed by atoms with Gasteiger partial charge in [0.25, 0.3) is 0 Å². The first kappa shape index (κ1) is 10.8. The summed E-state index contributed by atoms with van der Waals surface area (Å²) < 4.78 is 0. The lowest BCUT2D eigenvalue weighted by molar-refractivity contribution is 0.455. The van der Waals surface area contributed by atoms with E-state index in [1.807, 2.05) is 37.3 Å². The Bertz CT molecular complexity index is 705. The number of benzene rings is 2. The van der Waals surface area contributed by atoms with E-state index >= 15 is 0 Å². The lowest BCUT2D eigenvalue weighted by atomic mass is 10.0. The number of nitrogens with zero attached hydrogens (tertiary/aromatic N) is 1. The minimum absolute atomic E-state index is 0.0764. The number of aryl methyl sites for hydroxylation is 1. The summed E-state index contributed by atoms with van der Waals surface area (Å²) in [6, 6.07) is 18.0. The standard InChI is InChI=1S/C16H13NO/c1-11-9-16(18)17-15-8-7-13(10-14(11)15)12-5-3-2-4-6-12/h2-10H,1H3,(H,17,18). The fourth-order valence-corrected chi connectivity index (χ4v) is 2.19. The largest absolute Gasteiger partial charge is 0.493 e. The van der Waals surface area contributed by atoms with Gasteiger partial charge in [-0.25, -0.2) is 4.98 Å². The second kappa shape index (κ2) is 4.15. The first-order valence-electron chi connectivity index (χ1n) is 5.90. The van der Waals surface area contributed by atoms with Crippen molar-refractivity contribution >= 4 is 10.9 Å². The lowest BCUT2D eigenvalue weighted by Crippen LogP contribution is -1.85. The van der Waals surface area contributed by atoms with Gasteiger partial charge in [0.1, 0.15) is 0 Å². The molecule has 0 saturated heterocycles. The molecule has 1 N–H and O–H groups in total. The molecule has 0 fully saturated rings. The first-order chi connectivity index (χ1) is 8.74. The van der Waals surface area contributed by atoms with Crippen molar-refractivity contribution < 1.29 is 5.11 Å². The Kier molecular flexibility index (Phi) is 2.49. The van der Waals surface area contributed by atoms with Gasteiger partial charge in [0.05, 0.1) is 5.52 Å². The van der Waals surface area contributed by atoms with E-state index in [1.165, 1.54) is 11.1 Å². The van der Waals surface area contributed by atoms with E-state index in [4.69, 9.17) is 0 Å². The van der Waals surface area contributed by atoms with E-state index in [-0.39, 0.29) is 5.88 Å². The first-order valence-corrected chi connectivity index (χ1v) is 5.90. The van der Waals surface area contributed by atoms with Gasteiger partial charge in [0, 0.05) is 11.5 Å². The maximum atomic E-state index is 9.49. The van der Waals surface area contributed by atoms with Crippen molar-refractivity contribution in [1.29, 1.82) is 0 Å². The molecule has 0 aliphatic rings. The van der Waals surface area contributed by atoms with Crippen LogP contribution in [0.4, 0.5) is 0 Å². The number of pyridine rings is 1. The molecule has 3 aromatic rings. The van der Waals surface area contributed by atoms with Crippen molar-refractivity contribution in [2.24, 2.45) is 0 Å². The van der Waals surface area contributed by atoms with Gasteiger partial charge in [-0.3, -0.25) is 0 Å². The molecular formula is C16H13NO. The van der Waals surface area contributed by atoms with Crippen molar-refractivity contribution in [3.05, 3.63) is 60.2 Å². The SMILES string of the molecule is Cc1cc(O)nc2ccc(-c3ccccc3)cc12. The minimum atomic E-state index is 0.0764. The topological polar surface area (TPSA) is 33.1 Å². The molecule has 0 spiro atoms. The van der Waals surface area contributed by atoms with Gasteiger partial charge >= 0.3 is 0 Å². The summed E-state index contributed by atoms with van der Waals surface area (Å²) in [5, 5.41) is 10.6. The quantitative estimate of drug-likeness (QED) is 0.693. The molecule has 1 heterocycles. The summed E-state index contributed by atoms with van der Waals surface area (Å²) in [5.41, 5.74) is 4.22. The van der Waals surface area contributed by atoms with Crippen LogP contribution < -0.4 is 0 Å². The molecule has 2 nitrogen and oxygen atoms in total. The average molecular weight is 235 g/mol. The summed E-state index contributed by atoms with van der Waals surface area (Å²) in [6.07, 6.45) is 0. The second-order valence-corrected chi connectivity index (χ2v) is 4.40. The van der Waals surface area contributed by atoms with Gasteiger partial charge in [-0.15, -0.1) is 0 Å². The molecule has 0 amide bonds. The molecule has 3 rings (SSSR count). The summed E-state index contributed by atoms with van der Waals surface area (Å²) in [5.74, 6) is 0.0764. The number of rotatable bonds is 1. The highest BCUT2D eigenvalue weighted by atomic mass is 16.3. The van der Waals surface area contributed by atoms with Gasteiger partial charge in [-0.2, -0.15) is 0 Å². The summed E-state index contributed by atoms with van der Waals surface area (Å²) >= 11 is 0. The molecule has 2 heteroatoms. The zero-order chi connectivity index (χ0) is 12.5. The molecule has 0 atom stereocenters. The Morgan fingerprint density at radius 2 is 1.67 bits per heavy atom. The van der Waals surface area contributed by atoms with Crippen molar-refractivity contribution in [1.82, 2.24) is 4.98 Å². The van der Waals surface area contributed by atoms with Gasteiger partial charge in [0.2, 0.25) is 5.88 Å². The van der Waals surface area contributed by atoms with Gasteiger partial charge in [-0.1, -0.05) is 36.4 Å². The number of aromatic nitrogens is 1. The van der Waals surface area contributed by atoms with E-state index in [2.05, 4.69) is 23.2 Å². The van der Waals surface area contributed by atoms with Crippen LogP contribution in [0.15, 0.2) is 54.6 Å². The van der Waals surface area contributed by atoms with Crippen molar-refractivity contribution in [3.63, 3.8) is 0 Å². The van der Waals surface area contributed by atoms with E-state index < -0.39 is 0 Å². The molecule has 0 aliphatic heterocycles. The molecule has 0 bridgehead atoms. The summed E-state index contributed by atoms with van der Waals surface area (Å²) in [4.78, 5) is 4.13. The molecule has 18 heavy (non-hydrogen) atoms. The molecule has 0 radical (unpaired) electrons. The molecule has 0 saturated carbocycles. The van der Waals surface area contributed by atoms with Gasteiger partial charge in [0.15, 0.2) is 0 Å². The fourth-order valence-electron chi connectivity index (χ4n) is 2.19. The van der Waals surface area contributed by atoms with Crippen molar-refractivity contribution in [2.45, 2.75) is 6.92 Å². The molecule has 0 unspecified atom stereocenters. The highest BCUT2D eigenvalue weighted by Gasteiger charge is 2.04. The lowest BCUT2D eigenvalue weighted by Gasteiger charge is -2.06. The molecule has 1 aromatic heterocycles. The van der Waals surface area contributed by atoms with Crippen LogP contribution in [0.2, 0.25) is 0 Å². The maximum Gasteiger partial charge on any atom is 0.211 e. The van der Waals surface area contributed by atoms with Crippen molar-refractivity contribution in [2.75, 3.05) is 0 Å². The zero-order valence-corrected chi connectivity index (χ0v) is 10.1. The smallest absolute Gasteiger partial charge is 0.211 e. The van der Waals surface area contributed by atoms with Crippen LogP contribution in [0.25, 0.3) is 22.0 Å². The Hall–Kier alpha value is -2.35. The fraction of sp³-hybridized carbons (Fsp3) is 0.0625. The molecule has 0 aliphatic carbocycles. The minimum Gasteiger partial charge on any atom is -0.493 e. The van der Waals surface area contributed by atoms with Gasteiger partial charge in [-0.05, 0) is 35.7 Å². The number of hydrogen-bond donors (Lipinski definition) is 1. The van der Waals surface area contributed by atoms with Crippen molar-refractivity contribution in [3.8, 4) is 17.0 Å². The van der Waals surface area contributed by atoms with Crippen LogP contribution in [0, 0.1) is 6.92 Å². The number of fused-ring (bicyclic) bond motifs is 1. The highest BCUT2D eigenvalue weighted by Crippen LogP contribution is 2.27. The number of aromatic hydroxyl groups is 1. The predicted molar refractivity (Wildman–Crippen MR) is 73.6 cm³/mol. The third kappa shape index (κ3) is 1.82. The molecule has 2 aromatic carbocycles. The van der Waals surface area contributed by atoms with Crippen LogP contribution in [0.1, 0.15) is 5.56 Å². The molecular weight excluding hydrogens is 222 g/mol.